The SMILES string of the molecule is COC(=O)C1CCN1C(C1CC1)C1CC1. The highest BCUT2D eigenvalue weighted by Crippen LogP contribution is 2.49. The zero-order valence-electron chi connectivity index (χ0n) is 9.32. The molecule has 0 amide bonds. The van der Waals surface area contributed by atoms with Crippen molar-refractivity contribution in [2.45, 2.75) is 44.2 Å². The molecule has 3 nitrogen and oxygen atoms in total. The van der Waals surface area contributed by atoms with E-state index < -0.39 is 0 Å². The lowest BCUT2D eigenvalue weighted by atomic mass is 9.94. The first kappa shape index (κ1) is 9.64. The smallest absolute Gasteiger partial charge is 0.323 e. The Morgan fingerprint density at radius 1 is 1.20 bits per heavy atom. The van der Waals surface area contributed by atoms with E-state index in [1.807, 2.05) is 0 Å². The van der Waals surface area contributed by atoms with Crippen molar-refractivity contribution in [2.75, 3.05) is 13.7 Å². The van der Waals surface area contributed by atoms with E-state index in [0.717, 1.165) is 24.8 Å². The van der Waals surface area contributed by atoms with Crippen molar-refractivity contribution in [2.24, 2.45) is 11.8 Å². The summed E-state index contributed by atoms with van der Waals surface area (Å²) < 4.78 is 4.85. The van der Waals surface area contributed by atoms with Gasteiger partial charge in [-0.2, -0.15) is 0 Å². The molecule has 3 aliphatic rings. The van der Waals surface area contributed by atoms with E-state index in [2.05, 4.69) is 4.90 Å². The van der Waals surface area contributed by atoms with Gasteiger partial charge in [0.1, 0.15) is 6.04 Å². The van der Waals surface area contributed by atoms with Crippen LogP contribution >= 0.6 is 0 Å². The van der Waals surface area contributed by atoms with Crippen LogP contribution in [0.5, 0.6) is 0 Å². The fraction of sp³-hybridized carbons (Fsp3) is 0.917. The highest BCUT2D eigenvalue weighted by molar-refractivity contribution is 5.76. The molecule has 0 radical (unpaired) electrons. The quantitative estimate of drug-likeness (QED) is 0.656. The minimum absolute atomic E-state index is 0.0208. The van der Waals surface area contributed by atoms with Crippen molar-refractivity contribution in [3.05, 3.63) is 0 Å². The lowest BCUT2D eigenvalue weighted by Crippen LogP contribution is -2.58. The Morgan fingerprint density at radius 2 is 1.80 bits per heavy atom. The third-order valence-corrected chi connectivity index (χ3v) is 4.13. The molecule has 0 aromatic carbocycles. The maximum absolute atomic E-state index is 11.5. The van der Waals surface area contributed by atoms with Crippen LogP contribution < -0.4 is 0 Å². The Balaban J connectivity index is 1.66. The van der Waals surface area contributed by atoms with Gasteiger partial charge in [-0.15, -0.1) is 0 Å². The van der Waals surface area contributed by atoms with Crippen molar-refractivity contribution < 1.29 is 9.53 Å². The van der Waals surface area contributed by atoms with Gasteiger partial charge in [-0.25, -0.2) is 0 Å². The van der Waals surface area contributed by atoms with E-state index in [-0.39, 0.29) is 12.0 Å². The second-order valence-electron chi connectivity index (χ2n) is 5.23. The van der Waals surface area contributed by atoms with Crippen molar-refractivity contribution in [3.63, 3.8) is 0 Å². The van der Waals surface area contributed by atoms with E-state index in [0.29, 0.717) is 6.04 Å². The van der Waals surface area contributed by atoms with Gasteiger partial charge in [0, 0.05) is 12.6 Å². The monoisotopic (exact) mass is 209 g/mol. The van der Waals surface area contributed by atoms with E-state index >= 15 is 0 Å². The molecular formula is C12H19NO2. The van der Waals surface area contributed by atoms with Gasteiger partial charge in [0.15, 0.2) is 0 Å². The van der Waals surface area contributed by atoms with E-state index in [4.69, 9.17) is 4.74 Å². The number of esters is 1. The first-order valence-corrected chi connectivity index (χ1v) is 6.15. The molecule has 84 valence electrons. The number of ether oxygens (including phenoxy) is 1. The Bertz CT molecular complexity index is 259. The zero-order chi connectivity index (χ0) is 10.4. The summed E-state index contributed by atoms with van der Waals surface area (Å²) in [6.07, 6.45) is 6.52. The molecule has 1 unspecified atom stereocenters. The van der Waals surface area contributed by atoms with Crippen LogP contribution in [0.1, 0.15) is 32.1 Å². The van der Waals surface area contributed by atoms with E-state index in [1.54, 1.807) is 0 Å². The molecule has 2 saturated carbocycles. The molecule has 1 heterocycles. The Morgan fingerprint density at radius 3 is 2.13 bits per heavy atom. The summed E-state index contributed by atoms with van der Waals surface area (Å²) in [5.74, 6) is 1.77. The highest BCUT2D eigenvalue weighted by atomic mass is 16.5. The summed E-state index contributed by atoms with van der Waals surface area (Å²) >= 11 is 0. The van der Waals surface area contributed by atoms with Gasteiger partial charge < -0.3 is 4.74 Å². The predicted molar refractivity (Wildman–Crippen MR) is 56.4 cm³/mol. The summed E-state index contributed by atoms with van der Waals surface area (Å²) in [5.41, 5.74) is 0. The van der Waals surface area contributed by atoms with E-state index in [9.17, 15) is 4.79 Å². The number of hydrogen-bond acceptors (Lipinski definition) is 3. The summed E-state index contributed by atoms with van der Waals surface area (Å²) in [6.45, 7) is 1.11. The first-order chi connectivity index (χ1) is 7.31. The van der Waals surface area contributed by atoms with Crippen LogP contribution in [-0.4, -0.2) is 36.6 Å². The summed E-state index contributed by atoms with van der Waals surface area (Å²) in [6, 6.07) is 0.795. The third-order valence-electron chi connectivity index (χ3n) is 4.13. The van der Waals surface area contributed by atoms with Crippen LogP contribution in [0.4, 0.5) is 0 Å². The molecule has 0 spiro atoms. The molecule has 0 N–H and O–H groups in total. The average Bonchev–Trinajstić information content (AvgIpc) is 3.01. The molecule has 3 rings (SSSR count). The number of carbonyl (C=O) groups is 1. The van der Waals surface area contributed by atoms with Crippen LogP contribution in [0, 0.1) is 11.8 Å². The van der Waals surface area contributed by atoms with E-state index in [1.165, 1.54) is 32.8 Å². The van der Waals surface area contributed by atoms with Gasteiger partial charge in [0.05, 0.1) is 7.11 Å². The standard InChI is InChI=1S/C12H19NO2/c1-15-12(14)10-6-7-13(10)11(8-2-3-8)9-4-5-9/h8-11H,2-7H2,1H3. The molecule has 15 heavy (non-hydrogen) atoms. The van der Waals surface area contributed by atoms with Gasteiger partial charge >= 0.3 is 5.97 Å². The van der Waals surface area contributed by atoms with Gasteiger partial charge in [0.2, 0.25) is 0 Å². The third kappa shape index (κ3) is 1.67. The Labute approximate surface area is 90.8 Å². The topological polar surface area (TPSA) is 29.5 Å². The molecule has 0 bridgehead atoms. The molecule has 1 saturated heterocycles. The minimum atomic E-state index is -0.0208. The van der Waals surface area contributed by atoms with Crippen molar-refractivity contribution >= 4 is 5.97 Å². The highest BCUT2D eigenvalue weighted by Gasteiger charge is 2.50. The largest absolute Gasteiger partial charge is 0.468 e. The number of likely N-dealkylation sites (tertiary alicyclic amines) is 1. The summed E-state index contributed by atoms with van der Waals surface area (Å²) in [4.78, 5) is 13.9. The maximum Gasteiger partial charge on any atom is 0.323 e. The Hall–Kier alpha value is -0.570. The Kier molecular flexibility index (Phi) is 2.23. The zero-order valence-corrected chi connectivity index (χ0v) is 9.32. The fourth-order valence-corrected chi connectivity index (χ4v) is 2.96. The lowest BCUT2D eigenvalue weighted by Gasteiger charge is -2.44. The lowest BCUT2D eigenvalue weighted by molar-refractivity contribution is -0.154. The van der Waals surface area contributed by atoms with Crippen LogP contribution in [-0.2, 0) is 9.53 Å². The maximum atomic E-state index is 11.5. The number of hydrogen-bond donors (Lipinski definition) is 0. The summed E-state index contributed by atoms with van der Waals surface area (Å²) in [5, 5.41) is 0. The second-order valence-corrected chi connectivity index (χ2v) is 5.23. The molecule has 1 atom stereocenters. The van der Waals surface area contributed by atoms with Crippen LogP contribution in [0.2, 0.25) is 0 Å². The van der Waals surface area contributed by atoms with Crippen molar-refractivity contribution in [1.29, 1.82) is 0 Å². The molecule has 3 fully saturated rings. The van der Waals surface area contributed by atoms with Gasteiger partial charge in [-0.1, -0.05) is 0 Å². The van der Waals surface area contributed by atoms with Crippen LogP contribution in [0.15, 0.2) is 0 Å². The first-order valence-electron chi connectivity index (χ1n) is 6.15. The molecule has 0 aromatic heterocycles. The molecule has 0 aromatic rings. The fourth-order valence-electron chi connectivity index (χ4n) is 2.96. The normalized spacial score (nSPS) is 31.5. The molecular weight excluding hydrogens is 190 g/mol. The molecule has 2 aliphatic carbocycles. The van der Waals surface area contributed by atoms with Crippen LogP contribution in [0.3, 0.4) is 0 Å². The summed E-state index contributed by atoms with van der Waals surface area (Å²) in [7, 11) is 1.50. The van der Waals surface area contributed by atoms with Gasteiger partial charge in [-0.3, -0.25) is 9.69 Å². The molecule has 1 aliphatic heterocycles. The second kappa shape index (κ2) is 3.48. The van der Waals surface area contributed by atoms with Crippen LogP contribution in [0.25, 0.3) is 0 Å². The van der Waals surface area contributed by atoms with Crippen molar-refractivity contribution in [3.8, 4) is 0 Å². The average molecular weight is 209 g/mol. The minimum Gasteiger partial charge on any atom is -0.468 e. The van der Waals surface area contributed by atoms with Gasteiger partial charge in [0.25, 0.3) is 0 Å². The number of methoxy groups -OCH3 is 1. The predicted octanol–water partition coefficient (Wildman–Crippen LogP) is 1.42. The van der Waals surface area contributed by atoms with Gasteiger partial charge in [-0.05, 0) is 43.9 Å². The number of nitrogens with zero attached hydrogens (tertiary/aromatic N) is 1. The number of rotatable bonds is 4. The van der Waals surface area contributed by atoms with Crippen molar-refractivity contribution in [1.82, 2.24) is 4.90 Å². The molecule has 3 heteroatoms. The number of carbonyl (C=O) groups excluding carboxylic acids is 1.